The summed E-state index contributed by atoms with van der Waals surface area (Å²) in [4.78, 5) is 11.8. The molecule has 0 amide bonds. The van der Waals surface area contributed by atoms with Crippen molar-refractivity contribution >= 4 is 5.78 Å². The number of ketones is 1. The summed E-state index contributed by atoms with van der Waals surface area (Å²) in [6, 6.07) is 8.05. The number of rotatable bonds is 5. The molecular weight excluding hydrogens is 198 g/mol. The summed E-state index contributed by atoms with van der Waals surface area (Å²) >= 11 is 0. The van der Waals surface area contributed by atoms with E-state index in [0.717, 1.165) is 5.56 Å². The monoisotopic (exact) mass is 219 g/mol. The molecule has 16 heavy (non-hydrogen) atoms. The van der Waals surface area contributed by atoms with Crippen molar-refractivity contribution < 1.29 is 4.79 Å². The number of carbonyl (C=O) groups is 1. The molecule has 1 atom stereocenters. The Morgan fingerprint density at radius 2 is 2.06 bits per heavy atom. The third kappa shape index (κ3) is 4.15. The fourth-order valence-electron chi connectivity index (χ4n) is 1.62. The number of nitrogens with two attached hydrogens (primary N) is 1. The van der Waals surface area contributed by atoms with Gasteiger partial charge in [-0.1, -0.05) is 43.7 Å². The summed E-state index contributed by atoms with van der Waals surface area (Å²) in [6.45, 7) is 6.13. The van der Waals surface area contributed by atoms with E-state index in [4.69, 9.17) is 5.73 Å². The Labute approximate surface area is 97.9 Å². The Morgan fingerprint density at radius 1 is 1.38 bits per heavy atom. The zero-order valence-corrected chi connectivity index (χ0v) is 10.4. The van der Waals surface area contributed by atoms with Gasteiger partial charge in [-0.3, -0.25) is 4.79 Å². The van der Waals surface area contributed by atoms with E-state index < -0.39 is 0 Å². The molecule has 0 aliphatic carbocycles. The molecule has 1 unspecified atom stereocenters. The molecule has 0 aliphatic heterocycles. The normalized spacial score (nSPS) is 12.8. The average molecular weight is 219 g/mol. The van der Waals surface area contributed by atoms with Crippen LogP contribution in [-0.2, 0) is 11.2 Å². The number of carbonyl (C=O) groups excluding carboxylic acids is 1. The molecular formula is C14H21NO. The van der Waals surface area contributed by atoms with E-state index in [9.17, 15) is 4.79 Å². The largest absolute Gasteiger partial charge is 0.327 e. The molecule has 1 aromatic carbocycles. The molecule has 2 heteroatoms. The summed E-state index contributed by atoms with van der Waals surface area (Å²) in [5.41, 5.74) is 8.16. The second-order valence-corrected chi connectivity index (χ2v) is 4.82. The van der Waals surface area contributed by atoms with E-state index in [1.807, 2.05) is 39.0 Å². The van der Waals surface area contributed by atoms with Crippen LogP contribution in [-0.4, -0.2) is 11.8 Å². The van der Waals surface area contributed by atoms with E-state index in [-0.39, 0.29) is 11.8 Å². The molecule has 0 aliphatic rings. The standard InChI is InChI=1S/C14H21NO/c1-10(2)14(15)9-13(16)8-12-6-4-5-11(3)7-12/h4-7,10,14H,8-9,15H2,1-3H3. The van der Waals surface area contributed by atoms with Crippen molar-refractivity contribution in [2.75, 3.05) is 0 Å². The first-order valence-electron chi connectivity index (χ1n) is 5.82. The zero-order valence-electron chi connectivity index (χ0n) is 10.4. The second-order valence-electron chi connectivity index (χ2n) is 4.82. The van der Waals surface area contributed by atoms with Gasteiger partial charge in [0.2, 0.25) is 0 Å². The van der Waals surface area contributed by atoms with Crippen LogP contribution in [0.4, 0.5) is 0 Å². The van der Waals surface area contributed by atoms with E-state index in [0.29, 0.717) is 18.8 Å². The maximum Gasteiger partial charge on any atom is 0.138 e. The summed E-state index contributed by atoms with van der Waals surface area (Å²) < 4.78 is 0. The third-order valence-electron chi connectivity index (χ3n) is 2.80. The molecule has 0 bridgehead atoms. The first-order chi connectivity index (χ1) is 7.49. The van der Waals surface area contributed by atoms with Crippen molar-refractivity contribution in [1.82, 2.24) is 0 Å². The van der Waals surface area contributed by atoms with Crippen molar-refractivity contribution in [2.45, 2.75) is 39.7 Å². The van der Waals surface area contributed by atoms with E-state index in [2.05, 4.69) is 6.07 Å². The number of hydrogen-bond acceptors (Lipinski definition) is 2. The Hall–Kier alpha value is -1.15. The quantitative estimate of drug-likeness (QED) is 0.826. The first-order valence-corrected chi connectivity index (χ1v) is 5.82. The highest BCUT2D eigenvalue weighted by molar-refractivity contribution is 5.81. The van der Waals surface area contributed by atoms with Gasteiger partial charge in [0.05, 0.1) is 0 Å². The first kappa shape index (κ1) is 12.9. The minimum Gasteiger partial charge on any atom is -0.327 e. The Morgan fingerprint density at radius 3 is 2.62 bits per heavy atom. The van der Waals surface area contributed by atoms with Gasteiger partial charge < -0.3 is 5.73 Å². The van der Waals surface area contributed by atoms with Gasteiger partial charge in [-0.25, -0.2) is 0 Å². The second kappa shape index (κ2) is 5.80. The minimum atomic E-state index is -0.0164. The molecule has 1 aromatic rings. The summed E-state index contributed by atoms with van der Waals surface area (Å²) in [6.07, 6.45) is 0.980. The summed E-state index contributed by atoms with van der Waals surface area (Å²) in [5.74, 6) is 0.591. The van der Waals surface area contributed by atoms with Crippen LogP contribution >= 0.6 is 0 Å². The van der Waals surface area contributed by atoms with Crippen molar-refractivity contribution in [2.24, 2.45) is 11.7 Å². The fraction of sp³-hybridized carbons (Fsp3) is 0.500. The van der Waals surface area contributed by atoms with Gasteiger partial charge in [-0.2, -0.15) is 0 Å². The number of hydrogen-bond donors (Lipinski definition) is 1. The summed E-state index contributed by atoms with van der Waals surface area (Å²) in [5, 5.41) is 0. The third-order valence-corrected chi connectivity index (χ3v) is 2.80. The van der Waals surface area contributed by atoms with Crippen molar-refractivity contribution in [3.05, 3.63) is 35.4 Å². The molecule has 0 spiro atoms. The number of Topliss-reactive ketones (excluding diaryl/α,β-unsaturated/α-hetero) is 1. The molecule has 0 aromatic heterocycles. The van der Waals surface area contributed by atoms with Crippen LogP contribution in [0, 0.1) is 12.8 Å². The van der Waals surface area contributed by atoms with Crippen molar-refractivity contribution in [3.63, 3.8) is 0 Å². The lowest BCUT2D eigenvalue weighted by Crippen LogP contribution is -2.29. The van der Waals surface area contributed by atoms with E-state index in [1.165, 1.54) is 5.56 Å². The Balaban J connectivity index is 2.52. The minimum absolute atomic E-state index is 0.0164. The maximum atomic E-state index is 11.8. The molecule has 2 nitrogen and oxygen atoms in total. The van der Waals surface area contributed by atoms with Gasteiger partial charge >= 0.3 is 0 Å². The predicted octanol–water partition coefficient (Wildman–Crippen LogP) is 2.48. The highest BCUT2D eigenvalue weighted by Gasteiger charge is 2.13. The van der Waals surface area contributed by atoms with E-state index in [1.54, 1.807) is 0 Å². The summed E-state index contributed by atoms with van der Waals surface area (Å²) in [7, 11) is 0. The van der Waals surface area contributed by atoms with Gasteiger partial charge in [0.25, 0.3) is 0 Å². The topological polar surface area (TPSA) is 43.1 Å². The lowest BCUT2D eigenvalue weighted by atomic mass is 9.96. The average Bonchev–Trinajstić information content (AvgIpc) is 2.16. The van der Waals surface area contributed by atoms with Crippen molar-refractivity contribution in [1.29, 1.82) is 0 Å². The van der Waals surface area contributed by atoms with Crippen molar-refractivity contribution in [3.8, 4) is 0 Å². The fourth-order valence-corrected chi connectivity index (χ4v) is 1.62. The predicted molar refractivity (Wildman–Crippen MR) is 67.3 cm³/mol. The molecule has 0 saturated heterocycles. The van der Waals surface area contributed by atoms with Crippen LogP contribution in [0.2, 0.25) is 0 Å². The maximum absolute atomic E-state index is 11.8. The Bertz CT molecular complexity index is 358. The SMILES string of the molecule is Cc1cccc(CC(=O)CC(N)C(C)C)c1. The molecule has 88 valence electrons. The van der Waals surface area contributed by atoms with Gasteiger partial charge in [-0.05, 0) is 18.4 Å². The van der Waals surface area contributed by atoms with Gasteiger partial charge in [0, 0.05) is 18.9 Å². The number of aryl methyl sites for hydroxylation is 1. The molecule has 1 rings (SSSR count). The lowest BCUT2D eigenvalue weighted by molar-refractivity contribution is -0.118. The number of benzene rings is 1. The van der Waals surface area contributed by atoms with Gasteiger partial charge in [-0.15, -0.1) is 0 Å². The van der Waals surface area contributed by atoms with Crippen LogP contribution in [0.25, 0.3) is 0 Å². The van der Waals surface area contributed by atoms with E-state index >= 15 is 0 Å². The molecule has 2 N–H and O–H groups in total. The molecule has 0 heterocycles. The molecule has 0 radical (unpaired) electrons. The molecule has 0 fully saturated rings. The van der Waals surface area contributed by atoms with Crippen LogP contribution in [0.5, 0.6) is 0 Å². The van der Waals surface area contributed by atoms with Gasteiger partial charge in [0.15, 0.2) is 0 Å². The van der Waals surface area contributed by atoms with Crippen LogP contribution in [0.15, 0.2) is 24.3 Å². The smallest absolute Gasteiger partial charge is 0.138 e. The Kier molecular flexibility index (Phi) is 4.69. The van der Waals surface area contributed by atoms with Crippen LogP contribution in [0.1, 0.15) is 31.4 Å². The highest BCUT2D eigenvalue weighted by Crippen LogP contribution is 2.09. The molecule has 0 saturated carbocycles. The highest BCUT2D eigenvalue weighted by atomic mass is 16.1. The lowest BCUT2D eigenvalue weighted by Gasteiger charge is -2.14. The van der Waals surface area contributed by atoms with Gasteiger partial charge in [0.1, 0.15) is 5.78 Å². The van der Waals surface area contributed by atoms with Crippen LogP contribution < -0.4 is 5.73 Å². The zero-order chi connectivity index (χ0) is 12.1. The van der Waals surface area contributed by atoms with Crippen LogP contribution in [0.3, 0.4) is 0 Å².